The molecule has 0 aromatic heterocycles. The highest BCUT2D eigenvalue weighted by molar-refractivity contribution is 7.98. The lowest BCUT2D eigenvalue weighted by molar-refractivity contribution is -0.120. The van der Waals surface area contributed by atoms with E-state index in [9.17, 15) is 9.18 Å². The molecule has 0 heterocycles. The fourth-order valence-corrected chi connectivity index (χ4v) is 4.79. The van der Waals surface area contributed by atoms with Gasteiger partial charge in [0.25, 0.3) is 0 Å². The van der Waals surface area contributed by atoms with Crippen LogP contribution in [-0.2, 0) is 11.2 Å². The first-order valence-electron chi connectivity index (χ1n) is 11.7. The second-order valence-corrected chi connectivity index (χ2v) is 9.84. The van der Waals surface area contributed by atoms with Gasteiger partial charge in [-0.1, -0.05) is 30.3 Å². The quantitative estimate of drug-likeness (QED) is 0.360. The van der Waals surface area contributed by atoms with Crippen molar-refractivity contribution in [3.63, 3.8) is 0 Å². The molecular formula is C30H31FN2OS. The summed E-state index contributed by atoms with van der Waals surface area (Å²) in [6.45, 7) is 2.59. The molecule has 5 heteroatoms. The van der Waals surface area contributed by atoms with Gasteiger partial charge in [-0.25, -0.2) is 4.39 Å². The first-order chi connectivity index (χ1) is 16.9. The Morgan fingerprint density at radius 2 is 1.71 bits per heavy atom. The molecule has 3 aromatic carbocycles. The highest BCUT2D eigenvalue weighted by Crippen LogP contribution is 2.43. The molecule has 3 aromatic rings. The first-order valence-corrected chi connectivity index (χ1v) is 13.0. The van der Waals surface area contributed by atoms with Crippen molar-refractivity contribution in [3.05, 3.63) is 100 Å². The Morgan fingerprint density at radius 3 is 2.37 bits per heavy atom. The second-order valence-electron chi connectivity index (χ2n) is 8.96. The molecule has 0 radical (unpaired) electrons. The number of carbonyl (C=O) groups is 1. The largest absolute Gasteiger partial charge is 0.378 e. The number of thioether (sulfide) groups is 1. The van der Waals surface area contributed by atoms with Crippen molar-refractivity contribution in [1.82, 2.24) is 5.32 Å². The number of nitrogens with one attached hydrogen (secondary N) is 1. The van der Waals surface area contributed by atoms with E-state index in [0.717, 1.165) is 45.5 Å². The zero-order valence-corrected chi connectivity index (χ0v) is 21.5. The molecule has 0 unspecified atom stereocenters. The number of fused-ring (bicyclic) bond motifs is 1. The van der Waals surface area contributed by atoms with Crippen molar-refractivity contribution in [2.75, 3.05) is 31.8 Å². The van der Waals surface area contributed by atoms with E-state index in [0.29, 0.717) is 6.54 Å². The predicted molar refractivity (Wildman–Crippen MR) is 147 cm³/mol. The highest BCUT2D eigenvalue weighted by atomic mass is 32.2. The first kappa shape index (κ1) is 24.8. The van der Waals surface area contributed by atoms with Gasteiger partial charge in [0, 0.05) is 31.2 Å². The molecule has 0 fully saturated rings. The lowest BCUT2D eigenvalue weighted by Crippen LogP contribution is -2.25. The molecule has 35 heavy (non-hydrogen) atoms. The Bertz CT molecular complexity index is 1270. The predicted octanol–water partition coefficient (Wildman–Crippen LogP) is 6.69. The smallest absolute Gasteiger partial charge is 0.224 e. The molecule has 180 valence electrons. The molecule has 3 nitrogen and oxygen atoms in total. The molecule has 0 saturated carbocycles. The molecule has 1 amide bonds. The van der Waals surface area contributed by atoms with Crippen LogP contribution >= 0.6 is 11.8 Å². The number of hydrogen-bond donors (Lipinski definition) is 1. The van der Waals surface area contributed by atoms with Crippen LogP contribution in [0.2, 0.25) is 0 Å². The normalized spacial score (nSPS) is 13.8. The van der Waals surface area contributed by atoms with Crippen molar-refractivity contribution >= 4 is 40.6 Å². The van der Waals surface area contributed by atoms with E-state index >= 15 is 0 Å². The van der Waals surface area contributed by atoms with Crippen molar-refractivity contribution < 1.29 is 9.18 Å². The van der Waals surface area contributed by atoms with Gasteiger partial charge >= 0.3 is 0 Å². The molecule has 1 aliphatic carbocycles. The van der Waals surface area contributed by atoms with Gasteiger partial charge in [0.15, 0.2) is 0 Å². The number of hydrogen-bond acceptors (Lipinski definition) is 3. The third kappa shape index (κ3) is 5.85. The maximum absolute atomic E-state index is 14.2. The van der Waals surface area contributed by atoms with E-state index in [1.165, 1.54) is 16.5 Å². The molecule has 0 atom stereocenters. The number of rotatable bonds is 8. The van der Waals surface area contributed by atoms with E-state index in [2.05, 4.69) is 71.1 Å². The van der Waals surface area contributed by atoms with E-state index < -0.39 is 0 Å². The summed E-state index contributed by atoms with van der Waals surface area (Å²) >= 11 is 1.71. The summed E-state index contributed by atoms with van der Waals surface area (Å²) < 4.78 is 14.2. The Balaban J connectivity index is 1.48. The fraction of sp³-hybridized carbons (Fsp3) is 0.233. The van der Waals surface area contributed by atoms with Crippen molar-refractivity contribution in [3.8, 4) is 0 Å². The molecule has 0 saturated heterocycles. The average Bonchev–Trinajstić information content (AvgIpc) is 3.10. The minimum atomic E-state index is -0.291. The van der Waals surface area contributed by atoms with Gasteiger partial charge in [-0.3, -0.25) is 4.79 Å². The molecule has 1 N–H and O–H groups in total. The van der Waals surface area contributed by atoms with Gasteiger partial charge in [0.2, 0.25) is 5.91 Å². The fourth-order valence-electron chi connectivity index (χ4n) is 4.38. The maximum atomic E-state index is 14.2. The molecule has 1 aliphatic rings. The minimum Gasteiger partial charge on any atom is -0.378 e. The van der Waals surface area contributed by atoms with E-state index in [1.54, 1.807) is 17.8 Å². The minimum absolute atomic E-state index is 0.0509. The second kappa shape index (κ2) is 11.0. The zero-order chi connectivity index (χ0) is 24.9. The lowest BCUT2D eigenvalue weighted by Gasteiger charge is -2.13. The topological polar surface area (TPSA) is 32.3 Å². The molecule has 0 bridgehead atoms. The van der Waals surface area contributed by atoms with Crippen molar-refractivity contribution in [2.24, 2.45) is 0 Å². The van der Waals surface area contributed by atoms with Crippen LogP contribution in [0, 0.1) is 5.82 Å². The maximum Gasteiger partial charge on any atom is 0.224 e. The van der Waals surface area contributed by atoms with Crippen LogP contribution in [-0.4, -0.2) is 32.8 Å². The Kier molecular flexibility index (Phi) is 7.76. The summed E-state index contributed by atoms with van der Waals surface area (Å²) in [6, 6.07) is 21.6. The summed E-state index contributed by atoms with van der Waals surface area (Å²) in [5.74, 6) is -0.341. The Morgan fingerprint density at radius 1 is 1.00 bits per heavy atom. The number of carbonyl (C=O) groups excluding carboxylic acids is 1. The van der Waals surface area contributed by atoms with Gasteiger partial charge < -0.3 is 10.2 Å². The van der Waals surface area contributed by atoms with Crippen LogP contribution < -0.4 is 10.2 Å². The number of benzene rings is 3. The average molecular weight is 487 g/mol. The van der Waals surface area contributed by atoms with Crippen LogP contribution in [0.15, 0.2) is 77.2 Å². The molecule has 0 spiro atoms. The van der Waals surface area contributed by atoms with Gasteiger partial charge in [0.1, 0.15) is 5.82 Å². The van der Waals surface area contributed by atoms with Crippen molar-refractivity contribution in [1.29, 1.82) is 0 Å². The number of anilines is 1. The molecule has 4 rings (SSSR count). The third-order valence-corrected chi connectivity index (χ3v) is 7.15. The van der Waals surface area contributed by atoms with Crippen LogP contribution in [0.1, 0.15) is 35.6 Å². The van der Waals surface area contributed by atoms with E-state index in [1.807, 2.05) is 27.1 Å². The lowest BCUT2D eigenvalue weighted by atomic mass is 10.0. The van der Waals surface area contributed by atoms with Crippen LogP contribution in [0.4, 0.5) is 10.1 Å². The van der Waals surface area contributed by atoms with Crippen LogP contribution in [0.3, 0.4) is 0 Å². The Labute approximate surface area is 211 Å². The summed E-state index contributed by atoms with van der Waals surface area (Å²) in [5.41, 5.74) is 8.14. The van der Waals surface area contributed by atoms with E-state index in [4.69, 9.17) is 0 Å². The van der Waals surface area contributed by atoms with Gasteiger partial charge in [0.05, 0.1) is 6.42 Å². The number of nitrogens with zero attached hydrogens (tertiary/aromatic N) is 1. The molecule has 0 aliphatic heterocycles. The van der Waals surface area contributed by atoms with Crippen LogP contribution in [0.25, 0.3) is 17.2 Å². The molecular weight excluding hydrogens is 455 g/mol. The summed E-state index contributed by atoms with van der Waals surface area (Å²) in [7, 11) is 4.03. The van der Waals surface area contributed by atoms with Gasteiger partial charge in [-0.05, 0) is 101 Å². The summed E-state index contributed by atoms with van der Waals surface area (Å²) in [6.07, 6.45) is 5.17. The monoisotopic (exact) mass is 486 g/mol. The van der Waals surface area contributed by atoms with Gasteiger partial charge in [-0.2, -0.15) is 0 Å². The van der Waals surface area contributed by atoms with E-state index in [-0.39, 0.29) is 18.1 Å². The SMILES string of the molecule is CSc1ccc(/C=C2/C(C)=C(CC(=O)NCCc3ccc(N(C)C)cc3)c3cc(F)ccc32)cc1. The van der Waals surface area contributed by atoms with Gasteiger partial charge in [-0.15, -0.1) is 11.8 Å². The van der Waals surface area contributed by atoms with Crippen LogP contribution in [0.5, 0.6) is 0 Å². The zero-order valence-electron chi connectivity index (χ0n) is 20.7. The number of amides is 1. The van der Waals surface area contributed by atoms with Crippen molar-refractivity contribution in [2.45, 2.75) is 24.7 Å². The number of halogens is 1. The summed E-state index contributed by atoms with van der Waals surface area (Å²) in [5, 5.41) is 3.04. The number of allylic oxidation sites excluding steroid dienone is 2. The summed E-state index contributed by atoms with van der Waals surface area (Å²) in [4.78, 5) is 16.1. The highest BCUT2D eigenvalue weighted by Gasteiger charge is 2.25. The Hall–Kier alpha value is -3.31. The third-order valence-electron chi connectivity index (χ3n) is 6.41. The standard InChI is InChI=1S/C30H31FN2OS/c1-20-27(17-22-7-12-25(35-4)13-8-22)26-14-9-23(31)18-29(26)28(20)19-30(34)32-16-15-21-5-10-24(11-6-21)33(2)3/h5-14,17-18H,15-16,19H2,1-4H3,(H,32,34)/b27-17-.